The average molecular weight is 244 g/mol. The molecule has 2 heterocycles. The highest BCUT2D eigenvalue weighted by molar-refractivity contribution is 6.02. The van der Waals surface area contributed by atoms with Crippen LogP contribution in [0.3, 0.4) is 0 Å². The lowest BCUT2D eigenvalue weighted by molar-refractivity contribution is -0.138. The third-order valence-corrected chi connectivity index (χ3v) is 3.67. The molecule has 3 rings (SSSR count). The highest BCUT2D eigenvalue weighted by Gasteiger charge is 2.31. The molecule has 0 atom stereocenters. The van der Waals surface area contributed by atoms with E-state index in [2.05, 4.69) is 17.0 Å². The van der Waals surface area contributed by atoms with Crippen LogP contribution < -0.4 is 4.90 Å². The van der Waals surface area contributed by atoms with E-state index in [9.17, 15) is 9.59 Å². The minimum atomic E-state index is -0.0388. The summed E-state index contributed by atoms with van der Waals surface area (Å²) in [6.45, 7) is 1.32. The molecule has 2 aliphatic rings. The van der Waals surface area contributed by atoms with Crippen molar-refractivity contribution < 1.29 is 9.59 Å². The molecule has 4 heteroatoms. The van der Waals surface area contributed by atoms with E-state index in [1.54, 1.807) is 0 Å². The zero-order valence-corrected chi connectivity index (χ0v) is 10.3. The largest absolute Gasteiger partial charge is 0.353 e. The molecular formula is C14H16N2O2. The van der Waals surface area contributed by atoms with Gasteiger partial charge in [0.2, 0.25) is 11.8 Å². The molecular weight excluding hydrogens is 228 g/mol. The number of hydrogen-bond donors (Lipinski definition) is 0. The molecule has 94 valence electrons. The predicted octanol–water partition coefficient (Wildman–Crippen LogP) is 1.55. The summed E-state index contributed by atoms with van der Waals surface area (Å²) in [4.78, 5) is 26.8. The molecule has 1 aromatic rings. The van der Waals surface area contributed by atoms with Gasteiger partial charge in [0.15, 0.2) is 0 Å². The average Bonchev–Trinajstić information content (AvgIpc) is 2.71. The fourth-order valence-corrected chi connectivity index (χ4v) is 2.71. The first kappa shape index (κ1) is 11.3. The smallest absolute Gasteiger partial charge is 0.231 e. The van der Waals surface area contributed by atoms with Crippen LogP contribution in [0.1, 0.15) is 24.8 Å². The third-order valence-electron chi connectivity index (χ3n) is 3.67. The Morgan fingerprint density at radius 1 is 1.00 bits per heavy atom. The van der Waals surface area contributed by atoms with E-state index in [0.717, 1.165) is 25.1 Å². The first-order chi connectivity index (χ1) is 8.75. The van der Waals surface area contributed by atoms with Gasteiger partial charge in [-0.15, -0.1) is 0 Å². The van der Waals surface area contributed by atoms with Crippen molar-refractivity contribution in [1.29, 1.82) is 0 Å². The van der Waals surface area contributed by atoms with E-state index in [1.807, 2.05) is 12.1 Å². The van der Waals surface area contributed by atoms with E-state index < -0.39 is 0 Å². The van der Waals surface area contributed by atoms with Crippen molar-refractivity contribution >= 4 is 17.5 Å². The van der Waals surface area contributed by atoms with Gasteiger partial charge in [0.05, 0.1) is 0 Å². The second kappa shape index (κ2) is 4.44. The molecule has 0 aliphatic carbocycles. The lowest BCUT2D eigenvalue weighted by atomic mass is 10.0. The standard InChI is InChI=1S/C14H16N2O2/c17-13-7-8-14(18)16(13)10-15-9-3-5-11-4-1-2-6-12(11)15/h1-2,4,6H,3,5,7-10H2. The van der Waals surface area contributed by atoms with Gasteiger partial charge in [-0.05, 0) is 24.5 Å². The van der Waals surface area contributed by atoms with Crippen LogP contribution in [-0.4, -0.2) is 29.9 Å². The normalized spacial score (nSPS) is 19.3. The molecule has 0 unspecified atom stereocenters. The number of hydrogen-bond acceptors (Lipinski definition) is 3. The lowest BCUT2D eigenvalue weighted by Crippen LogP contribution is -2.43. The molecule has 2 amide bonds. The topological polar surface area (TPSA) is 40.6 Å². The highest BCUT2D eigenvalue weighted by Crippen LogP contribution is 2.27. The maximum Gasteiger partial charge on any atom is 0.231 e. The van der Waals surface area contributed by atoms with Crippen LogP contribution in [0.5, 0.6) is 0 Å². The number of nitrogens with zero attached hydrogens (tertiary/aromatic N) is 2. The number of para-hydroxylation sites is 1. The van der Waals surface area contributed by atoms with E-state index in [-0.39, 0.29) is 11.8 Å². The SMILES string of the molecule is O=C1CCC(=O)N1CN1CCCc2ccccc21. The van der Waals surface area contributed by atoms with Crippen molar-refractivity contribution in [3.05, 3.63) is 29.8 Å². The summed E-state index contributed by atoms with van der Waals surface area (Å²) in [5.74, 6) is -0.0777. The number of fused-ring (bicyclic) bond motifs is 1. The first-order valence-electron chi connectivity index (χ1n) is 6.42. The maximum atomic E-state index is 11.6. The number of carbonyl (C=O) groups is 2. The monoisotopic (exact) mass is 244 g/mol. The molecule has 1 fully saturated rings. The van der Waals surface area contributed by atoms with E-state index in [4.69, 9.17) is 0 Å². The number of benzene rings is 1. The number of carbonyl (C=O) groups excluding carboxylic acids is 2. The molecule has 2 aliphatic heterocycles. The van der Waals surface area contributed by atoms with Gasteiger partial charge in [0.25, 0.3) is 0 Å². The van der Waals surface area contributed by atoms with Gasteiger partial charge in [0, 0.05) is 25.1 Å². The van der Waals surface area contributed by atoms with Gasteiger partial charge in [-0.2, -0.15) is 0 Å². The Labute approximate surface area is 106 Å². The Morgan fingerprint density at radius 3 is 2.50 bits per heavy atom. The van der Waals surface area contributed by atoms with Gasteiger partial charge >= 0.3 is 0 Å². The molecule has 0 radical (unpaired) electrons. The molecule has 0 aromatic heterocycles. The fraction of sp³-hybridized carbons (Fsp3) is 0.429. The number of likely N-dealkylation sites (tertiary alicyclic amines) is 1. The summed E-state index contributed by atoms with van der Waals surface area (Å²) in [7, 11) is 0. The van der Waals surface area contributed by atoms with Gasteiger partial charge in [0.1, 0.15) is 6.67 Å². The van der Waals surface area contributed by atoms with Crippen molar-refractivity contribution in [3.63, 3.8) is 0 Å². The van der Waals surface area contributed by atoms with Gasteiger partial charge < -0.3 is 4.90 Å². The Kier molecular flexibility index (Phi) is 2.78. The second-order valence-corrected chi connectivity index (χ2v) is 4.85. The Balaban J connectivity index is 1.82. The lowest BCUT2D eigenvalue weighted by Gasteiger charge is -2.33. The van der Waals surface area contributed by atoms with Gasteiger partial charge in [-0.3, -0.25) is 14.5 Å². The van der Waals surface area contributed by atoms with Crippen molar-refractivity contribution in [2.45, 2.75) is 25.7 Å². The van der Waals surface area contributed by atoms with Gasteiger partial charge in [-0.25, -0.2) is 0 Å². The van der Waals surface area contributed by atoms with Gasteiger partial charge in [-0.1, -0.05) is 18.2 Å². The van der Waals surface area contributed by atoms with Crippen molar-refractivity contribution in [1.82, 2.24) is 4.90 Å². The van der Waals surface area contributed by atoms with Crippen LogP contribution in [0.15, 0.2) is 24.3 Å². The fourth-order valence-electron chi connectivity index (χ4n) is 2.71. The summed E-state index contributed by atoms with van der Waals surface area (Å²) < 4.78 is 0. The summed E-state index contributed by atoms with van der Waals surface area (Å²) in [5.41, 5.74) is 2.47. The molecule has 0 N–H and O–H groups in total. The molecule has 0 bridgehead atoms. The van der Waals surface area contributed by atoms with E-state index in [0.29, 0.717) is 19.5 Å². The highest BCUT2D eigenvalue weighted by atomic mass is 16.2. The second-order valence-electron chi connectivity index (χ2n) is 4.85. The first-order valence-corrected chi connectivity index (χ1v) is 6.42. The third kappa shape index (κ3) is 1.88. The molecule has 0 spiro atoms. The molecule has 18 heavy (non-hydrogen) atoms. The quantitative estimate of drug-likeness (QED) is 0.741. The minimum absolute atomic E-state index is 0.0388. The number of amides is 2. The summed E-state index contributed by atoms with van der Waals surface area (Å²) in [6.07, 6.45) is 2.89. The zero-order valence-electron chi connectivity index (χ0n) is 10.3. The van der Waals surface area contributed by atoms with Crippen LogP contribution in [-0.2, 0) is 16.0 Å². The summed E-state index contributed by atoms with van der Waals surface area (Å²) in [5, 5.41) is 0. The van der Waals surface area contributed by atoms with Crippen LogP contribution in [0.4, 0.5) is 5.69 Å². The number of imide groups is 1. The summed E-state index contributed by atoms with van der Waals surface area (Å²) in [6, 6.07) is 8.23. The van der Waals surface area contributed by atoms with E-state index in [1.165, 1.54) is 10.5 Å². The number of aryl methyl sites for hydroxylation is 1. The predicted molar refractivity (Wildman–Crippen MR) is 68.1 cm³/mol. The van der Waals surface area contributed by atoms with Crippen LogP contribution in [0.2, 0.25) is 0 Å². The van der Waals surface area contributed by atoms with Crippen LogP contribution in [0, 0.1) is 0 Å². The number of rotatable bonds is 2. The molecule has 1 aromatic carbocycles. The number of anilines is 1. The van der Waals surface area contributed by atoms with Crippen LogP contribution in [0.25, 0.3) is 0 Å². The Morgan fingerprint density at radius 2 is 1.72 bits per heavy atom. The Hall–Kier alpha value is -1.84. The summed E-state index contributed by atoms with van der Waals surface area (Å²) >= 11 is 0. The van der Waals surface area contributed by atoms with Crippen LogP contribution >= 0.6 is 0 Å². The van der Waals surface area contributed by atoms with Crippen molar-refractivity contribution in [2.75, 3.05) is 18.1 Å². The molecule has 4 nitrogen and oxygen atoms in total. The van der Waals surface area contributed by atoms with Crippen molar-refractivity contribution in [2.24, 2.45) is 0 Å². The zero-order chi connectivity index (χ0) is 12.5. The Bertz CT molecular complexity index is 482. The minimum Gasteiger partial charge on any atom is -0.353 e. The van der Waals surface area contributed by atoms with E-state index >= 15 is 0 Å². The molecule has 1 saturated heterocycles. The molecule has 0 saturated carbocycles. The van der Waals surface area contributed by atoms with Crippen molar-refractivity contribution in [3.8, 4) is 0 Å². The maximum absolute atomic E-state index is 11.6.